The number of hydrogen-bond donors (Lipinski definition) is 0. The van der Waals surface area contributed by atoms with Gasteiger partial charge in [0, 0.05) is 29.7 Å². The van der Waals surface area contributed by atoms with Gasteiger partial charge in [-0.1, -0.05) is 0 Å². The van der Waals surface area contributed by atoms with Gasteiger partial charge in [-0.15, -0.1) is 11.6 Å². The zero-order valence-electron chi connectivity index (χ0n) is 8.61. The Kier molecular flexibility index (Phi) is 3.51. The van der Waals surface area contributed by atoms with Crippen molar-refractivity contribution in [1.82, 2.24) is 14.8 Å². The van der Waals surface area contributed by atoms with E-state index in [1.165, 1.54) is 0 Å². The molecule has 0 saturated carbocycles. The molecule has 0 saturated heterocycles. The number of pyridine rings is 1. The summed E-state index contributed by atoms with van der Waals surface area (Å²) < 4.78 is 13.8. The highest BCUT2D eigenvalue weighted by Gasteiger charge is 2.10. The Balaban J connectivity index is 2.39. The maximum absolute atomic E-state index is 12.2. The van der Waals surface area contributed by atoms with Crippen molar-refractivity contribution >= 4 is 11.6 Å². The largest absolute Gasteiger partial charge is 0.269 e. The highest BCUT2D eigenvalue weighted by atomic mass is 35.5. The second kappa shape index (κ2) is 5.07. The van der Waals surface area contributed by atoms with Crippen LogP contribution in [0.3, 0.4) is 0 Å². The second-order valence-corrected chi connectivity index (χ2v) is 3.60. The lowest BCUT2D eigenvalue weighted by Gasteiger charge is -1.97. The van der Waals surface area contributed by atoms with Gasteiger partial charge < -0.3 is 0 Å². The molecule has 0 aliphatic heterocycles. The van der Waals surface area contributed by atoms with Crippen LogP contribution in [-0.2, 0) is 12.4 Å². The van der Waals surface area contributed by atoms with Gasteiger partial charge in [-0.05, 0) is 12.1 Å². The molecule has 16 heavy (non-hydrogen) atoms. The SMILES string of the molecule is FCCn1cc(CCl)c(-c2cccnc2)n1. The van der Waals surface area contributed by atoms with Crippen LogP contribution >= 0.6 is 11.6 Å². The molecule has 2 rings (SSSR count). The summed E-state index contributed by atoms with van der Waals surface area (Å²) in [5.74, 6) is 0.358. The van der Waals surface area contributed by atoms with E-state index < -0.39 is 6.67 Å². The molecule has 5 heteroatoms. The Morgan fingerprint density at radius 3 is 2.94 bits per heavy atom. The number of alkyl halides is 2. The van der Waals surface area contributed by atoms with Gasteiger partial charge in [0.2, 0.25) is 0 Å². The third kappa shape index (κ3) is 2.22. The lowest BCUT2D eigenvalue weighted by atomic mass is 10.1. The first-order chi connectivity index (χ1) is 7.85. The smallest absolute Gasteiger partial charge is 0.109 e. The third-order valence-electron chi connectivity index (χ3n) is 2.23. The average Bonchev–Trinajstić information content (AvgIpc) is 2.74. The summed E-state index contributed by atoms with van der Waals surface area (Å²) in [7, 11) is 0. The van der Waals surface area contributed by atoms with E-state index in [1.54, 1.807) is 23.3 Å². The molecule has 2 aromatic rings. The van der Waals surface area contributed by atoms with E-state index >= 15 is 0 Å². The Morgan fingerprint density at radius 2 is 2.31 bits per heavy atom. The molecular weight excluding hydrogens is 229 g/mol. The van der Waals surface area contributed by atoms with Crippen LogP contribution in [0.1, 0.15) is 5.56 Å². The first-order valence-electron chi connectivity index (χ1n) is 4.94. The first-order valence-corrected chi connectivity index (χ1v) is 5.47. The van der Waals surface area contributed by atoms with E-state index in [4.69, 9.17) is 11.6 Å². The Hall–Kier alpha value is -1.42. The average molecular weight is 240 g/mol. The quantitative estimate of drug-likeness (QED) is 0.768. The lowest BCUT2D eigenvalue weighted by molar-refractivity contribution is 0.427. The van der Waals surface area contributed by atoms with Crippen molar-refractivity contribution in [2.24, 2.45) is 0 Å². The molecular formula is C11H11ClFN3. The van der Waals surface area contributed by atoms with E-state index in [9.17, 15) is 4.39 Å². The van der Waals surface area contributed by atoms with Gasteiger partial charge in [-0.3, -0.25) is 9.67 Å². The highest BCUT2D eigenvalue weighted by Crippen LogP contribution is 2.22. The van der Waals surface area contributed by atoms with E-state index in [2.05, 4.69) is 10.1 Å². The molecule has 2 aromatic heterocycles. The monoisotopic (exact) mass is 239 g/mol. The molecule has 0 unspecified atom stereocenters. The Labute approximate surface area is 97.9 Å². The number of aromatic nitrogens is 3. The number of halogens is 2. The van der Waals surface area contributed by atoms with E-state index in [0.717, 1.165) is 16.8 Å². The molecule has 3 nitrogen and oxygen atoms in total. The van der Waals surface area contributed by atoms with Gasteiger partial charge in [0.15, 0.2) is 0 Å². The van der Waals surface area contributed by atoms with Gasteiger partial charge in [-0.25, -0.2) is 4.39 Å². The molecule has 0 amide bonds. The van der Waals surface area contributed by atoms with Crippen molar-refractivity contribution < 1.29 is 4.39 Å². The topological polar surface area (TPSA) is 30.7 Å². The molecule has 0 N–H and O–H groups in total. The van der Waals surface area contributed by atoms with E-state index in [0.29, 0.717) is 5.88 Å². The van der Waals surface area contributed by atoms with Crippen molar-refractivity contribution in [2.45, 2.75) is 12.4 Å². The van der Waals surface area contributed by atoms with Crippen LogP contribution in [0.25, 0.3) is 11.3 Å². The summed E-state index contributed by atoms with van der Waals surface area (Å²) >= 11 is 5.83. The molecule has 0 bridgehead atoms. The minimum Gasteiger partial charge on any atom is -0.269 e. The molecule has 0 aromatic carbocycles. The summed E-state index contributed by atoms with van der Waals surface area (Å²) in [6.45, 7) is -0.181. The number of hydrogen-bond acceptors (Lipinski definition) is 2. The van der Waals surface area contributed by atoms with Gasteiger partial charge in [-0.2, -0.15) is 5.10 Å². The first kappa shape index (κ1) is 11.1. The fourth-order valence-corrected chi connectivity index (χ4v) is 1.70. The molecule has 0 aliphatic carbocycles. The van der Waals surface area contributed by atoms with Crippen molar-refractivity contribution in [3.8, 4) is 11.3 Å². The Morgan fingerprint density at radius 1 is 1.44 bits per heavy atom. The summed E-state index contributed by atoms with van der Waals surface area (Å²) in [5, 5.41) is 4.29. The molecule has 0 spiro atoms. The third-order valence-corrected chi connectivity index (χ3v) is 2.52. The van der Waals surface area contributed by atoms with Crippen LogP contribution in [0, 0.1) is 0 Å². The van der Waals surface area contributed by atoms with Crippen molar-refractivity contribution in [1.29, 1.82) is 0 Å². The minimum atomic E-state index is -0.435. The van der Waals surface area contributed by atoms with Gasteiger partial charge in [0.25, 0.3) is 0 Å². The Bertz CT molecular complexity index is 456. The van der Waals surface area contributed by atoms with Crippen molar-refractivity contribution in [3.63, 3.8) is 0 Å². The lowest BCUT2D eigenvalue weighted by Crippen LogP contribution is -1.99. The number of nitrogens with zero attached hydrogens (tertiary/aromatic N) is 3. The maximum atomic E-state index is 12.2. The van der Waals surface area contributed by atoms with Crippen LogP contribution in [0.2, 0.25) is 0 Å². The van der Waals surface area contributed by atoms with Crippen molar-refractivity contribution in [2.75, 3.05) is 6.67 Å². The summed E-state index contributed by atoms with van der Waals surface area (Å²) in [6.07, 6.45) is 5.19. The predicted molar refractivity (Wildman–Crippen MR) is 61.0 cm³/mol. The maximum Gasteiger partial charge on any atom is 0.109 e. The van der Waals surface area contributed by atoms with Gasteiger partial charge >= 0.3 is 0 Å². The summed E-state index contributed by atoms with van der Waals surface area (Å²) in [6, 6.07) is 3.74. The molecule has 0 aliphatic rings. The summed E-state index contributed by atoms with van der Waals surface area (Å²) in [4.78, 5) is 4.03. The van der Waals surface area contributed by atoms with E-state index in [1.807, 2.05) is 12.1 Å². The van der Waals surface area contributed by atoms with Crippen LogP contribution in [0.15, 0.2) is 30.7 Å². The van der Waals surface area contributed by atoms with E-state index in [-0.39, 0.29) is 6.54 Å². The minimum absolute atomic E-state index is 0.254. The van der Waals surface area contributed by atoms with Crippen LogP contribution in [-0.4, -0.2) is 21.4 Å². The zero-order chi connectivity index (χ0) is 11.4. The second-order valence-electron chi connectivity index (χ2n) is 3.33. The molecule has 0 atom stereocenters. The summed E-state index contributed by atoms with van der Waals surface area (Å²) in [5.41, 5.74) is 2.57. The standard InChI is InChI=1S/C11H11ClFN3/c12-6-10-8-16(5-3-13)15-11(10)9-2-1-4-14-7-9/h1-2,4,7-8H,3,5-6H2. The molecule has 0 radical (unpaired) electrons. The van der Waals surface area contributed by atoms with Gasteiger partial charge in [0.05, 0.1) is 18.1 Å². The number of rotatable bonds is 4. The van der Waals surface area contributed by atoms with Crippen LogP contribution < -0.4 is 0 Å². The fourth-order valence-electron chi connectivity index (χ4n) is 1.51. The normalized spacial score (nSPS) is 10.6. The highest BCUT2D eigenvalue weighted by molar-refractivity contribution is 6.17. The van der Waals surface area contributed by atoms with Crippen LogP contribution in [0.5, 0.6) is 0 Å². The predicted octanol–water partition coefficient (Wildman–Crippen LogP) is 2.65. The molecule has 2 heterocycles. The van der Waals surface area contributed by atoms with Crippen LogP contribution in [0.4, 0.5) is 4.39 Å². The number of aryl methyl sites for hydroxylation is 1. The van der Waals surface area contributed by atoms with Gasteiger partial charge in [0.1, 0.15) is 6.67 Å². The van der Waals surface area contributed by atoms with Crippen molar-refractivity contribution in [3.05, 3.63) is 36.3 Å². The zero-order valence-corrected chi connectivity index (χ0v) is 9.36. The fraction of sp³-hybridized carbons (Fsp3) is 0.273. The molecule has 84 valence electrons. The molecule has 0 fully saturated rings.